The van der Waals surface area contributed by atoms with Crippen LogP contribution in [0.2, 0.25) is 5.15 Å². The molecule has 126 valence electrons. The fourth-order valence-electron chi connectivity index (χ4n) is 2.59. The standard InChI is InChI=1S/C16H17ClN4O2S/c1-4-21-11-8-6-5-7-10(11)19-14(21)9(2)18-16-20-13(17)12(24-16)15(22)23-3/h5-9H,4H2,1-3H3,(H,18,20). The van der Waals surface area contributed by atoms with Gasteiger partial charge in [0.05, 0.1) is 24.2 Å². The van der Waals surface area contributed by atoms with E-state index >= 15 is 0 Å². The number of rotatable bonds is 5. The minimum Gasteiger partial charge on any atom is -0.465 e. The number of carbonyl (C=O) groups is 1. The number of benzene rings is 1. The van der Waals surface area contributed by atoms with Crippen molar-refractivity contribution in [3.05, 3.63) is 40.1 Å². The maximum absolute atomic E-state index is 11.6. The molecule has 3 aromatic rings. The number of aryl methyl sites for hydroxylation is 1. The Labute approximate surface area is 148 Å². The summed E-state index contributed by atoms with van der Waals surface area (Å²) in [6.45, 7) is 4.90. The van der Waals surface area contributed by atoms with Crippen LogP contribution >= 0.6 is 22.9 Å². The van der Waals surface area contributed by atoms with E-state index in [1.54, 1.807) is 0 Å². The second-order valence-corrected chi connectivity index (χ2v) is 6.56. The molecule has 1 N–H and O–H groups in total. The van der Waals surface area contributed by atoms with Crippen molar-refractivity contribution in [2.75, 3.05) is 12.4 Å². The zero-order chi connectivity index (χ0) is 17.3. The van der Waals surface area contributed by atoms with Crippen LogP contribution in [0, 0.1) is 0 Å². The molecule has 6 nitrogen and oxygen atoms in total. The van der Waals surface area contributed by atoms with E-state index in [1.165, 1.54) is 18.4 Å². The molecular formula is C16H17ClN4O2S. The molecule has 0 fully saturated rings. The number of fused-ring (bicyclic) bond motifs is 1. The highest BCUT2D eigenvalue weighted by Crippen LogP contribution is 2.30. The number of anilines is 1. The largest absolute Gasteiger partial charge is 0.465 e. The van der Waals surface area contributed by atoms with Gasteiger partial charge in [0.2, 0.25) is 0 Å². The molecule has 8 heteroatoms. The van der Waals surface area contributed by atoms with Crippen molar-refractivity contribution >= 4 is 45.1 Å². The predicted octanol–water partition coefficient (Wildman–Crippen LogP) is 4.13. The number of nitrogens with one attached hydrogen (secondary N) is 1. The van der Waals surface area contributed by atoms with Gasteiger partial charge in [0.1, 0.15) is 5.82 Å². The van der Waals surface area contributed by atoms with Gasteiger partial charge in [-0.25, -0.2) is 14.8 Å². The smallest absolute Gasteiger partial charge is 0.351 e. The van der Waals surface area contributed by atoms with Gasteiger partial charge in [0.25, 0.3) is 0 Å². The number of hydrogen-bond donors (Lipinski definition) is 1. The van der Waals surface area contributed by atoms with Crippen molar-refractivity contribution in [3.63, 3.8) is 0 Å². The zero-order valence-electron chi connectivity index (χ0n) is 13.5. The van der Waals surface area contributed by atoms with Crippen molar-refractivity contribution < 1.29 is 9.53 Å². The summed E-state index contributed by atoms with van der Waals surface area (Å²) in [6.07, 6.45) is 0. The number of thiazole rings is 1. The molecule has 2 heterocycles. The molecule has 0 saturated heterocycles. The summed E-state index contributed by atoms with van der Waals surface area (Å²) in [7, 11) is 1.32. The number of carbonyl (C=O) groups excluding carboxylic acids is 1. The number of aromatic nitrogens is 3. The minimum absolute atomic E-state index is 0.0925. The number of para-hydroxylation sites is 2. The van der Waals surface area contributed by atoms with Crippen molar-refractivity contribution in [2.24, 2.45) is 0 Å². The van der Waals surface area contributed by atoms with E-state index in [0.717, 1.165) is 23.4 Å². The number of esters is 1. The molecule has 0 radical (unpaired) electrons. The molecule has 0 aliphatic carbocycles. The fourth-order valence-corrected chi connectivity index (χ4v) is 3.78. The lowest BCUT2D eigenvalue weighted by Crippen LogP contribution is -2.13. The molecule has 1 aromatic carbocycles. The minimum atomic E-state index is -0.487. The van der Waals surface area contributed by atoms with E-state index in [0.29, 0.717) is 5.13 Å². The third-order valence-electron chi connectivity index (χ3n) is 3.68. The Kier molecular flexibility index (Phi) is 4.73. The predicted molar refractivity (Wildman–Crippen MR) is 95.9 cm³/mol. The summed E-state index contributed by atoms with van der Waals surface area (Å²) < 4.78 is 6.86. The highest BCUT2D eigenvalue weighted by Gasteiger charge is 2.20. The van der Waals surface area contributed by atoms with Crippen LogP contribution in [-0.4, -0.2) is 27.6 Å². The van der Waals surface area contributed by atoms with Gasteiger partial charge in [-0.15, -0.1) is 0 Å². The summed E-state index contributed by atoms with van der Waals surface area (Å²) in [4.78, 5) is 20.8. The van der Waals surface area contributed by atoms with E-state index in [1.807, 2.05) is 25.1 Å². The topological polar surface area (TPSA) is 69.0 Å². The van der Waals surface area contributed by atoms with Crippen LogP contribution in [-0.2, 0) is 11.3 Å². The van der Waals surface area contributed by atoms with Crippen LogP contribution < -0.4 is 5.32 Å². The van der Waals surface area contributed by atoms with E-state index in [-0.39, 0.29) is 16.1 Å². The van der Waals surface area contributed by atoms with Crippen LogP contribution in [0.5, 0.6) is 0 Å². The first-order chi connectivity index (χ1) is 11.5. The molecular weight excluding hydrogens is 348 g/mol. The van der Waals surface area contributed by atoms with Crippen LogP contribution in [0.4, 0.5) is 5.13 Å². The van der Waals surface area contributed by atoms with Crippen molar-refractivity contribution in [3.8, 4) is 0 Å². The van der Waals surface area contributed by atoms with Crippen LogP contribution in [0.25, 0.3) is 11.0 Å². The molecule has 0 aliphatic heterocycles. The van der Waals surface area contributed by atoms with E-state index in [9.17, 15) is 4.79 Å². The average Bonchev–Trinajstić information content (AvgIpc) is 3.14. The number of methoxy groups -OCH3 is 1. The third-order valence-corrected chi connectivity index (χ3v) is 5.04. The first kappa shape index (κ1) is 16.7. The normalized spacial score (nSPS) is 12.3. The second kappa shape index (κ2) is 6.78. The van der Waals surface area contributed by atoms with Gasteiger partial charge in [0, 0.05) is 6.54 Å². The van der Waals surface area contributed by atoms with Gasteiger partial charge >= 0.3 is 5.97 Å². The van der Waals surface area contributed by atoms with Gasteiger partial charge in [-0.1, -0.05) is 35.1 Å². The molecule has 3 rings (SSSR count). The Hall–Kier alpha value is -2.12. The summed E-state index contributed by atoms with van der Waals surface area (Å²) >= 11 is 7.18. The zero-order valence-corrected chi connectivity index (χ0v) is 15.1. The Morgan fingerprint density at radius 3 is 2.88 bits per heavy atom. The quantitative estimate of drug-likeness (QED) is 0.689. The SMILES string of the molecule is CCn1c(C(C)Nc2nc(Cl)c(C(=O)OC)s2)nc2ccccc21. The van der Waals surface area contributed by atoms with Crippen LogP contribution in [0.3, 0.4) is 0 Å². The maximum atomic E-state index is 11.6. The van der Waals surface area contributed by atoms with Crippen molar-refractivity contribution in [2.45, 2.75) is 26.4 Å². The van der Waals surface area contributed by atoms with Gasteiger partial charge in [-0.3, -0.25) is 0 Å². The molecule has 0 amide bonds. The molecule has 0 aliphatic rings. The summed E-state index contributed by atoms with van der Waals surface area (Å²) in [5.41, 5.74) is 2.05. The van der Waals surface area contributed by atoms with Crippen LogP contribution in [0.1, 0.15) is 35.4 Å². The molecule has 1 atom stereocenters. The lowest BCUT2D eigenvalue weighted by Gasteiger charge is -2.14. The highest BCUT2D eigenvalue weighted by molar-refractivity contribution is 7.18. The Balaban J connectivity index is 1.90. The monoisotopic (exact) mass is 364 g/mol. The van der Waals surface area contributed by atoms with E-state index < -0.39 is 5.97 Å². The van der Waals surface area contributed by atoms with E-state index in [4.69, 9.17) is 21.3 Å². The molecule has 24 heavy (non-hydrogen) atoms. The first-order valence-electron chi connectivity index (χ1n) is 7.51. The first-order valence-corrected chi connectivity index (χ1v) is 8.71. The summed E-state index contributed by atoms with van der Waals surface area (Å²) in [5.74, 6) is 0.420. The lowest BCUT2D eigenvalue weighted by molar-refractivity contribution is 0.0606. The Morgan fingerprint density at radius 1 is 1.42 bits per heavy atom. The number of imidazole rings is 1. The number of nitrogens with zero attached hydrogens (tertiary/aromatic N) is 3. The molecule has 1 unspecified atom stereocenters. The second-order valence-electron chi connectivity index (χ2n) is 5.20. The highest BCUT2D eigenvalue weighted by atomic mass is 35.5. The fraction of sp³-hybridized carbons (Fsp3) is 0.312. The molecule has 2 aromatic heterocycles. The maximum Gasteiger partial charge on any atom is 0.351 e. The van der Waals surface area contributed by atoms with Gasteiger partial charge in [-0.2, -0.15) is 0 Å². The number of halogens is 1. The number of hydrogen-bond acceptors (Lipinski definition) is 6. The summed E-state index contributed by atoms with van der Waals surface area (Å²) in [5, 5.41) is 3.97. The third kappa shape index (κ3) is 2.97. The van der Waals surface area contributed by atoms with E-state index in [2.05, 4.69) is 27.9 Å². The Bertz CT molecular complexity index is 889. The van der Waals surface area contributed by atoms with Crippen molar-refractivity contribution in [1.29, 1.82) is 0 Å². The van der Waals surface area contributed by atoms with Gasteiger partial charge in [-0.05, 0) is 26.0 Å². The average molecular weight is 365 g/mol. The molecule has 0 saturated carbocycles. The summed E-state index contributed by atoms with van der Waals surface area (Å²) in [6, 6.07) is 7.93. The number of ether oxygens (including phenoxy) is 1. The Morgan fingerprint density at radius 2 is 2.17 bits per heavy atom. The molecule has 0 spiro atoms. The molecule has 0 bridgehead atoms. The van der Waals surface area contributed by atoms with Crippen LogP contribution in [0.15, 0.2) is 24.3 Å². The lowest BCUT2D eigenvalue weighted by atomic mass is 10.3. The van der Waals surface area contributed by atoms with Gasteiger partial charge < -0.3 is 14.6 Å². The van der Waals surface area contributed by atoms with Gasteiger partial charge in [0.15, 0.2) is 15.2 Å². The van der Waals surface area contributed by atoms with Crippen molar-refractivity contribution in [1.82, 2.24) is 14.5 Å².